The van der Waals surface area contributed by atoms with Crippen LogP contribution in [0.3, 0.4) is 0 Å². The fourth-order valence-corrected chi connectivity index (χ4v) is 4.61. The van der Waals surface area contributed by atoms with E-state index in [0.29, 0.717) is 0 Å². The number of rotatable bonds is 5. The third kappa shape index (κ3) is 3.28. The van der Waals surface area contributed by atoms with Crippen LogP contribution in [0.2, 0.25) is 0 Å². The van der Waals surface area contributed by atoms with Crippen LogP contribution in [0.15, 0.2) is 62.2 Å². The molecule has 0 N–H and O–H groups in total. The maximum atomic E-state index is 6.49. The molecule has 3 heteroatoms. The summed E-state index contributed by atoms with van der Waals surface area (Å²) in [5.74, 6) is 0. The van der Waals surface area contributed by atoms with E-state index in [-0.39, 0.29) is 0 Å². The molecule has 1 aliphatic heterocycles. The lowest BCUT2D eigenvalue weighted by Gasteiger charge is -2.32. The lowest BCUT2D eigenvalue weighted by molar-refractivity contribution is 0.00578. The molecule has 0 bridgehead atoms. The third-order valence-electron chi connectivity index (χ3n) is 7.03. The van der Waals surface area contributed by atoms with Crippen LogP contribution >= 0.6 is 0 Å². The molecule has 0 unspecified atom stereocenters. The first-order chi connectivity index (χ1) is 15.2. The van der Waals surface area contributed by atoms with Gasteiger partial charge in [-0.3, -0.25) is 0 Å². The highest BCUT2D eigenvalue weighted by Crippen LogP contribution is 2.41. The monoisotopic (exact) mass is 422 g/mol. The first-order valence-corrected chi connectivity index (χ1v) is 11.1. The van der Waals surface area contributed by atoms with E-state index in [9.17, 15) is 0 Å². The number of benzene rings is 3. The number of hydrogen-bond acceptors (Lipinski definition) is 2. The van der Waals surface area contributed by atoms with Crippen molar-refractivity contribution in [2.45, 2.75) is 45.8 Å². The lowest BCUT2D eigenvalue weighted by Crippen LogP contribution is -2.41. The molecule has 1 heterocycles. The SMILES string of the molecule is C=Cc1c(C)cccc1-c1c(C=C)c(C=C)c(B2OC(C)(C)C(C)(C)O2)c2ccccc12. The van der Waals surface area contributed by atoms with E-state index in [2.05, 4.69) is 96.8 Å². The highest BCUT2D eigenvalue weighted by atomic mass is 16.7. The second-order valence-electron chi connectivity index (χ2n) is 9.40. The fraction of sp³-hybridized carbons (Fsp3) is 0.241. The van der Waals surface area contributed by atoms with Crippen molar-refractivity contribution in [2.75, 3.05) is 0 Å². The van der Waals surface area contributed by atoms with Crippen LogP contribution in [0, 0.1) is 6.92 Å². The highest BCUT2D eigenvalue weighted by Gasteiger charge is 2.52. The molecule has 0 amide bonds. The van der Waals surface area contributed by atoms with Crippen molar-refractivity contribution in [3.05, 3.63) is 84.5 Å². The van der Waals surface area contributed by atoms with Crippen LogP contribution in [0.5, 0.6) is 0 Å². The number of aryl methyl sites for hydroxylation is 1. The van der Waals surface area contributed by atoms with Crippen molar-refractivity contribution in [3.63, 3.8) is 0 Å². The van der Waals surface area contributed by atoms with Crippen LogP contribution in [-0.4, -0.2) is 18.3 Å². The molecule has 0 spiro atoms. The predicted octanol–water partition coefficient (Wildman–Crippen LogP) is 7.04. The van der Waals surface area contributed by atoms with Crippen molar-refractivity contribution in [1.29, 1.82) is 0 Å². The topological polar surface area (TPSA) is 18.5 Å². The Morgan fingerprint density at radius 1 is 0.719 bits per heavy atom. The van der Waals surface area contributed by atoms with E-state index in [1.165, 1.54) is 5.56 Å². The van der Waals surface area contributed by atoms with Gasteiger partial charge in [-0.15, -0.1) is 0 Å². The van der Waals surface area contributed by atoms with Gasteiger partial charge in [0.1, 0.15) is 0 Å². The molecule has 0 aromatic heterocycles. The minimum absolute atomic E-state index is 0.434. The van der Waals surface area contributed by atoms with Gasteiger partial charge < -0.3 is 9.31 Å². The molecular formula is C29H31BO2. The molecule has 4 rings (SSSR count). The summed E-state index contributed by atoms with van der Waals surface area (Å²) < 4.78 is 13.0. The molecule has 1 aliphatic rings. The molecular weight excluding hydrogens is 391 g/mol. The number of hydrogen-bond donors (Lipinski definition) is 0. The molecule has 3 aromatic carbocycles. The fourth-order valence-electron chi connectivity index (χ4n) is 4.61. The van der Waals surface area contributed by atoms with Gasteiger partial charge in [0.2, 0.25) is 0 Å². The lowest BCUT2D eigenvalue weighted by atomic mass is 9.69. The smallest absolute Gasteiger partial charge is 0.399 e. The Labute approximate surface area is 192 Å². The molecule has 0 aliphatic carbocycles. The minimum Gasteiger partial charge on any atom is -0.399 e. The van der Waals surface area contributed by atoms with Gasteiger partial charge in [0, 0.05) is 0 Å². The average molecular weight is 422 g/mol. The van der Waals surface area contributed by atoms with Crippen molar-refractivity contribution < 1.29 is 9.31 Å². The molecule has 1 saturated heterocycles. The third-order valence-corrected chi connectivity index (χ3v) is 7.03. The summed E-state index contributed by atoms with van der Waals surface area (Å²) in [6.45, 7) is 22.9. The normalized spacial score (nSPS) is 16.8. The van der Waals surface area contributed by atoms with Crippen LogP contribution in [0.25, 0.3) is 40.1 Å². The van der Waals surface area contributed by atoms with Gasteiger partial charge in [0.05, 0.1) is 11.2 Å². The van der Waals surface area contributed by atoms with Gasteiger partial charge in [-0.25, -0.2) is 0 Å². The first kappa shape index (κ1) is 22.3. The Balaban J connectivity index is 2.13. The summed E-state index contributed by atoms with van der Waals surface area (Å²) in [6, 6.07) is 14.8. The summed E-state index contributed by atoms with van der Waals surface area (Å²) in [6.07, 6.45) is 5.75. The van der Waals surface area contributed by atoms with Crippen LogP contribution in [-0.2, 0) is 9.31 Å². The minimum atomic E-state index is -0.498. The Bertz CT molecular complexity index is 1230. The molecule has 32 heavy (non-hydrogen) atoms. The standard InChI is InChI=1S/C29H31BO2/c1-9-20-19(4)15-14-18-23(20)26-21(10-2)22(11-3)27(25-17-13-12-16-24(25)26)30-31-28(5,6)29(7,8)32-30/h9-18H,1-3H2,4-8H3. The Hall–Kier alpha value is -2.88. The zero-order valence-electron chi connectivity index (χ0n) is 19.8. The van der Waals surface area contributed by atoms with E-state index in [1.54, 1.807) is 0 Å². The van der Waals surface area contributed by atoms with E-state index >= 15 is 0 Å². The predicted molar refractivity (Wildman–Crippen MR) is 140 cm³/mol. The van der Waals surface area contributed by atoms with E-state index in [4.69, 9.17) is 9.31 Å². The van der Waals surface area contributed by atoms with Gasteiger partial charge in [-0.1, -0.05) is 80.4 Å². The maximum absolute atomic E-state index is 6.49. The Morgan fingerprint density at radius 3 is 1.84 bits per heavy atom. The van der Waals surface area contributed by atoms with E-state index < -0.39 is 18.3 Å². The van der Waals surface area contributed by atoms with Gasteiger partial charge in [-0.2, -0.15) is 0 Å². The molecule has 0 atom stereocenters. The Kier molecular flexibility index (Phi) is 5.52. The molecule has 1 fully saturated rings. The maximum Gasteiger partial charge on any atom is 0.496 e. The molecule has 3 aromatic rings. The molecule has 0 saturated carbocycles. The molecule has 162 valence electrons. The summed E-state index contributed by atoms with van der Waals surface area (Å²) >= 11 is 0. The van der Waals surface area contributed by atoms with Crippen molar-refractivity contribution in [3.8, 4) is 11.1 Å². The van der Waals surface area contributed by atoms with E-state index in [1.807, 2.05) is 18.2 Å². The summed E-state index contributed by atoms with van der Waals surface area (Å²) in [4.78, 5) is 0. The second kappa shape index (κ2) is 7.92. The van der Waals surface area contributed by atoms with Crippen molar-refractivity contribution in [1.82, 2.24) is 0 Å². The first-order valence-electron chi connectivity index (χ1n) is 11.1. The summed E-state index contributed by atoms with van der Waals surface area (Å²) in [5, 5.41) is 2.23. The van der Waals surface area contributed by atoms with Gasteiger partial charge in [0.25, 0.3) is 0 Å². The average Bonchev–Trinajstić information content (AvgIpc) is 2.98. The van der Waals surface area contributed by atoms with Gasteiger partial charge >= 0.3 is 7.12 Å². The van der Waals surface area contributed by atoms with Crippen LogP contribution < -0.4 is 5.46 Å². The number of fused-ring (bicyclic) bond motifs is 1. The highest BCUT2D eigenvalue weighted by molar-refractivity contribution is 6.66. The van der Waals surface area contributed by atoms with Gasteiger partial charge in [0.15, 0.2) is 0 Å². The summed E-state index contributed by atoms with van der Waals surface area (Å²) in [5.41, 5.74) is 6.72. The van der Waals surface area contributed by atoms with E-state index in [0.717, 1.165) is 44.1 Å². The van der Waals surface area contributed by atoms with Crippen LogP contribution in [0.1, 0.15) is 49.9 Å². The van der Waals surface area contributed by atoms with Crippen LogP contribution in [0.4, 0.5) is 0 Å². The quantitative estimate of drug-likeness (QED) is 0.411. The van der Waals surface area contributed by atoms with Gasteiger partial charge in [-0.05, 0) is 84.2 Å². The zero-order chi connectivity index (χ0) is 23.3. The van der Waals surface area contributed by atoms with Crippen molar-refractivity contribution in [2.24, 2.45) is 0 Å². The Morgan fingerprint density at radius 2 is 1.28 bits per heavy atom. The largest absolute Gasteiger partial charge is 0.496 e. The molecule has 2 nitrogen and oxygen atoms in total. The van der Waals surface area contributed by atoms with Crippen molar-refractivity contribution >= 4 is 41.6 Å². The second-order valence-corrected chi connectivity index (χ2v) is 9.40. The summed E-state index contributed by atoms with van der Waals surface area (Å²) in [7, 11) is -0.498. The zero-order valence-corrected chi connectivity index (χ0v) is 19.8. The molecule has 0 radical (unpaired) electrons.